The predicted molar refractivity (Wildman–Crippen MR) is 90.1 cm³/mol. The Morgan fingerprint density at radius 1 is 1.04 bits per heavy atom. The van der Waals surface area contributed by atoms with Crippen LogP contribution in [0.15, 0.2) is 24.3 Å². The van der Waals surface area contributed by atoms with Crippen molar-refractivity contribution in [2.45, 2.75) is 38.1 Å². The largest absolute Gasteiger partial charge is 0.299 e. The fourth-order valence-corrected chi connectivity index (χ4v) is 5.82. The molecule has 7 nitrogen and oxygen atoms in total. The molecule has 1 aliphatic carbocycles. The summed E-state index contributed by atoms with van der Waals surface area (Å²) in [6.45, 7) is 0.469. The number of hydrogen-bond donors (Lipinski definition) is 2. The summed E-state index contributed by atoms with van der Waals surface area (Å²) < 4.78 is 54.4. The maximum absolute atomic E-state index is 12.1. The molecule has 1 aromatic rings. The van der Waals surface area contributed by atoms with E-state index in [2.05, 4.69) is 9.44 Å². The van der Waals surface area contributed by atoms with Crippen molar-refractivity contribution in [1.29, 1.82) is 0 Å². The van der Waals surface area contributed by atoms with Crippen molar-refractivity contribution in [2.24, 2.45) is 0 Å². The molecular weight excluding hydrogens is 338 g/mol. The highest BCUT2D eigenvalue weighted by Gasteiger charge is 2.28. The van der Waals surface area contributed by atoms with Crippen LogP contribution in [0.25, 0.3) is 0 Å². The molecule has 3 rings (SSSR count). The first-order valence-corrected chi connectivity index (χ1v) is 10.9. The van der Waals surface area contributed by atoms with E-state index < -0.39 is 20.2 Å². The van der Waals surface area contributed by atoms with Crippen LogP contribution in [0.2, 0.25) is 0 Å². The van der Waals surface area contributed by atoms with Gasteiger partial charge in [0, 0.05) is 18.3 Å². The zero-order valence-electron chi connectivity index (χ0n) is 12.7. The molecule has 1 heterocycles. The summed E-state index contributed by atoms with van der Waals surface area (Å²) in [6, 6.07) is 6.40. The second-order valence-electron chi connectivity index (χ2n) is 5.99. The molecule has 2 N–H and O–H groups in total. The number of anilines is 2. The molecule has 23 heavy (non-hydrogen) atoms. The summed E-state index contributed by atoms with van der Waals surface area (Å²) in [4.78, 5) is 0. The Balaban J connectivity index is 1.67. The topological polar surface area (TPSA) is 95.6 Å². The molecule has 128 valence electrons. The van der Waals surface area contributed by atoms with Crippen LogP contribution in [0, 0.1) is 0 Å². The van der Waals surface area contributed by atoms with E-state index in [1.165, 1.54) is 4.31 Å². The Labute approximate surface area is 137 Å². The molecule has 1 saturated heterocycles. The third kappa shape index (κ3) is 3.96. The van der Waals surface area contributed by atoms with Crippen LogP contribution < -0.4 is 13.7 Å². The summed E-state index contributed by atoms with van der Waals surface area (Å²) >= 11 is 0. The van der Waals surface area contributed by atoms with Gasteiger partial charge in [0.2, 0.25) is 10.0 Å². The van der Waals surface area contributed by atoms with E-state index in [4.69, 9.17) is 0 Å². The fourth-order valence-electron chi connectivity index (χ4n) is 3.07. The number of rotatable bonds is 5. The van der Waals surface area contributed by atoms with Crippen molar-refractivity contribution in [3.63, 3.8) is 0 Å². The molecule has 0 amide bonds. The summed E-state index contributed by atoms with van der Waals surface area (Å²) in [6.07, 6.45) is 4.44. The van der Waals surface area contributed by atoms with Gasteiger partial charge in [0.05, 0.1) is 11.4 Å². The monoisotopic (exact) mass is 359 g/mol. The van der Waals surface area contributed by atoms with Gasteiger partial charge in [-0.2, -0.15) is 13.1 Å². The quantitative estimate of drug-likeness (QED) is 0.831. The standard InChI is InChI=1S/C14H21N3O4S2/c18-22(19)11-3-10-17(22)14-8-6-13(7-9-14)16-23(20,21)15-12-4-1-2-5-12/h6-9,12,15-16H,1-5,10-11H2. The number of hydrogen-bond acceptors (Lipinski definition) is 4. The molecule has 2 fully saturated rings. The lowest BCUT2D eigenvalue weighted by Crippen LogP contribution is -2.37. The van der Waals surface area contributed by atoms with Crippen molar-refractivity contribution in [1.82, 2.24) is 4.72 Å². The molecule has 9 heteroatoms. The first-order chi connectivity index (χ1) is 10.9. The van der Waals surface area contributed by atoms with E-state index in [0.29, 0.717) is 24.3 Å². The molecule has 1 aliphatic heterocycles. The van der Waals surface area contributed by atoms with Gasteiger partial charge in [-0.05, 0) is 43.5 Å². The van der Waals surface area contributed by atoms with Gasteiger partial charge in [0.1, 0.15) is 0 Å². The van der Waals surface area contributed by atoms with Gasteiger partial charge >= 0.3 is 0 Å². The molecule has 2 aliphatic rings. The molecular formula is C14H21N3O4S2. The number of nitrogens with zero attached hydrogens (tertiary/aromatic N) is 1. The van der Waals surface area contributed by atoms with Crippen molar-refractivity contribution in [3.8, 4) is 0 Å². The molecule has 1 saturated carbocycles. The van der Waals surface area contributed by atoms with Gasteiger partial charge in [0.25, 0.3) is 10.2 Å². The number of nitrogens with one attached hydrogen (secondary N) is 2. The number of benzene rings is 1. The third-order valence-electron chi connectivity index (χ3n) is 4.18. The second kappa shape index (κ2) is 6.29. The molecule has 0 aromatic heterocycles. The summed E-state index contributed by atoms with van der Waals surface area (Å²) in [5.41, 5.74) is 0.977. The number of sulfonamides is 1. The average Bonchev–Trinajstić information content (AvgIpc) is 3.08. The lowest BCUT2D eigenvalue weighted by molar-refractivity contribution is 0.557. The van der Waals surface area contributed by atoms with E-state index in [9.17, 15) is 16.8 Å². The van der Waals surface area contributed by atoms with Gasteiger partial charge in [-0.3, -0.25) is 9.03 Å². The zero-order chi connectivity index (χ0) is 16.5. The van der Waals surface area contributed by atoms with Crippen LogP contribution >= 0.6 is 0 Å². The molecule has 1 aromatic carbocycles. The summed E-state index contributed by atoms with van der Waals surface area (Å²) in [5.74, 6) is 0.159. The van der Waals surface area contributed by atoms with Crippen molar-refractivity contribution < 1.29 is 16.8 Å². The van der Waals surface area contributed by atoms with E-state index in [1.54, 1.807) is 24.3 Å². The lowest BCUT2D eigenvalue weighted by atomic mass is 10.3. The van der Waals surface area contributed by atoms with Gasteiger partial charge < -0.3 is 0 Å². The van der Waals surface area contributed by atoms with Crippen molar-refractivity contribution in [2.75, 3.05) is 21.3 Å². The van der Waals surface area contributed by atoms with Gasteiger partial charge in [-0.25, -0.2) is 8.42 Å². The molecule has 0 unspecified atom stereocenters. The normalized spacial score (nSPS) is 21.7. The minimum Gasteiger partial charge on any atom is -0.271 e. The first kappa shape index (κ1) is 16.5. The SMILES string of the molecule is O=S(=O)(Nc1ccc(N2CCCS2(=O)=O)cc1)NC1CCCC1. The van der Waals surface area contributed by atoms with E-state index in [-0.39, 0.29) is 11.8 Å². The average molecular weight is 359 g/mol. The minimum absolute atomic E-state index is 0.00140. The van der Waals surface area contributed by atoms with Crippen LogP contribution in [-0.2, 0) is 20.2 Å². The van der Waals surface area contributed by atoms with E-state index in [0.717, 1.165) is 25.7 Å². The minimum atomic E-state index is -3.60. The maximum Gasteiger partial charge on any atom is 0.299 e. The van der Waals surface area contributed by atoms with E-state index in [1.807, 2.05) is 0 Å². The van der Waals surface area contributed by atoms with E-state index >= 15 is 0 Å². The summed E-state index contributed by atoms with van der Waals surface area (Å²) in [5, 5.41) is 0. The van der Waals surface area contributed by atoms with Crippen LogP contribution in [-0.4, -0.2) is 35.2 Å². The summed E-state index contributed by atoms with van der Waals surface area (Å²) in [7, 11) is -6.83. The van der Waals surface area contributed by atoms with Gasteiger partial charge in [-0.1, -0.05) is 12.8 Å². The Morgan fingerprint density at radius 2 is 1.70 bits per heavy atom. The molecule has 0 atom stereocenters. The highest BCUT2D eigenvalue weighted by molar-refractivity contribution is 7.93. The highest BCUT2D eigenvalue weighted by atomic mass is 32.2. The van der Waals surface area contributed by atoms with Crippen LogP contribution in [0.3, 0.4) is 0 Å². The van der Waals surface area contributed by atoms with Crippen LogP contribution in [0.5, 0.6) is 0 Å². The predicted octanol–water partition coefficient (Wildman–Crippen LogP) is 1.42. The van der Waals surface area contributed by atoms with Crippen LogP contribution in [0.1, 0.15) is 32.1 Å². The lowest BCUT2D eigenvalue weighted by Gasteiger charge is -2.18. The Bertz CT molecular complexity index is 754. The fraction of sp³-hybridized carbons (Fsp3) is 0.571. The maximum atomic E-state index is 12.1. The van der Waals surface area contributed by atoms with Crippen molar-refractivity contribution >= 4 is 31.6 Å². The van der Waals surface area contributed by atoms with Gasteiger partial charge in [0.15, 0.2) is 0 Å². The molecule has 0 spiro atoms. The van der Waals surface area contributed by atoms with Gasteiger partial charge in [-0.15, -0.1) is 0 Å². The second-order valence-corrected chi connectivity index (χ2v) is 9.45. The Hall–Kier alpha value is -1.32. The van der Waals surface area contributed by atoms with Crippen molar-refractivity contribution in [3.05, 3.63) is 24.3 Å². The first-order valence-electron chi connectivity index (χ1n) is 7.76. The van der Waals surface area contributed by atoms with Crippen LogP contribution in [0.4, 0.5) is 11.4 Å². The zero-order valence-corrected chi connectivity index (χ0v) is 14.4. The smallest absolute Gasteiger partial charge is 0.271 e. The third-order valence-corrected chi connectivity index (χ3v) is 7.20. The highest BCUT2D eigenvalue weighted by Crippen LogP contribution is 2.25. The molecule has 0 radical (unpaired) electrons. The molecule has 0 bridgehead atoms. The Kier molecular flexibility index (Phi) is 4.52. The Morgan fingerprint density at radius 3 is 2.26 bits per heavy atom.